The summed E-state index contributed by atoms with van der Waals surface area (Å²) >= 11 is 0. The van der Waals surface area contributed by atoms with Crippen molar-refractivity contribution in [2.45, 2.75) is 6.42 Å². The molecule has 0 fully saturated rings. The molecule has 0 saturated heterocycles. The van der Waals surface area contributed by atoms with Gasteiger partial charge in [0, 0.05) is 5.56 Å². The molecule has 0 aromatic heterocycles. The molecule has 2 heteroatoms. The minimum absolute atomic E-state index is 0.891. The average molecular weight is 226 g/mol. The van der Waals surface area contributed by atoms with E-state index in [9.17, 15) is 0 Å². The zero-order valence-electron chi connectivity index (χ0n) is 9.99. The van der Waals surface area contributed by atoms with Crippen molar-refractivity contribution in [3.8, 4) is 22.6 Å². The number of methoxy groups -OCH3 is 2. The predicted octanol–water partition coefficient (Wildman–Crippen LogP) is 3.28. The molecule has 2 nitrogen and oxygen atoms in total. The van der Waals surface area contributed by atoms with Gasteiger partial charge in [0.05, 0.1) is 14.2 Å². The van der Waals surface area contributed by atoms with Gasteiger partial charge in [-0.1, -0.05) is 18.2 Å². The maximum absolute atomic E-state index is 5.45. The van der Waals surface area contributed by atoms with Crippen LogP contribution in [0.25, 0.3) is 11.1 Å². The third-order valence-corrected chi connectivity index (χ3v) is 3.30. The van der Waals surface area contributed by atoms with Gasteiger partial charge in [-0.15, -0.1) is 0 Å². The van der Waals surface area contributed by atoms with E-state index in [0.717, 1.165) is 17.9 Å². The lowest BCUT2D eigenvalue weighted by Crippen LogP contribution is -1.88. The fraction of sp³-hybridized carbons (Fsp3) is 0.200. The van der Waals surface area contributed by atoms with Crippen LogP contribution in [0.1, 0.15) is 11.1 Å². The quantitative estimate of drug-likeness (QED) is 0.667. The molecule has 0 aliphatic heterocycles. The zero-order valence-corrected chi connectivity index (χ0v) is 9.99. The minimum atomic E-state index is 0.891. The first kappa shape index (κ1) is 10.2. The lowest BCUT2D eigenvalue weighted by Gasteiger charge is -2.08. The van der Waals surface area contributed by atoms with E-state index in [1.54, 1.807) is 14.2 Å². The maximum Gasteiger partial charge on any atom is 0.126 e. The second-order valence-corrected chi connectivity index (χ2v) is 4.19. The van der Waals surface area contributed by atoms with Gasteiger partial charge in [-0.2, -0.15) is 0 Å². The van der Waals surface area contributed by atoms with Crippen LogP contribution in [0.5, 0.6) is 11.5 Å². The van der Waals surface area contributed by atoms with Crippen LogP contribution in [0.3, 0.4) is 0 Å². The first-order chi connectivity index (χ1) is 8.33. The van der Waals surface area contributed by atoms with Crippen LogP contribution in [0.4, 0.5) is 0 Å². The second kappa shape index (κ2) is 3.81. The van der Waals surface area contributed by atoms with Crippen LogP contribution in [0, 0.1) is 0 Å². The smallest absolute Gasteiger partial charge is 0.126 e. The summed E-state index contributed by atoms with van der Waals surface area (Å²) in [5.41, 5.74) is 5.11. The summed E-state index contributed by atoms with van der Waals surface area (Å²) in [6, 6.07) is 12.4. The van der Waals surface area contributed by atoms with E-state index in [0.29, 0.717) is 0 Å². The Labute approximate surface area is 101 Å². The summed E-state index contributed by atoms with van der Waals surface area (Å²) < 4.78 is 10.7. The Balaban J connectivity index is 2.24. The fourth-order valence-electron chi connectivity index (χ4n) is 2.47. The second-order valence-electron chi connectivity index (χ2n) is 4.19. The lowest BCUT2D eigenvalue weighted by molar-refractivity contribution is 0.414. The largest absolute Gasteiger partial charge is 0.497 e. The molecule has 3 rings (SSSR count). The lowest BCUT2D eigenvalue weighted by atomic mass is 10.0. The summed E-state index contributed by atoms with van der Waals surface area (Å²) in [6.45, 7) is 0. The van der Waals surface area contributed by atoms with Crippen molar-refractivity contribution in [3.63, 3.8) is 0 Å². The maximum atomic E-state index is 5.45. The van der Waals surface area contributed by atoms with Gasteiger partial charge in [0.2, 0.25) is 0 Å². The number of hydrogen-bond donors (Lipinski definition) is 0. The standard InChI is InChI=1S/C15H14O2/c1-16-12-7-6-10-8-11-4-3-5-14(17-2)15(11)13(10)9-12/h3-7,9H,8H2,1-2H3. The molecule has 0 atom stereocenters. The summed E-state index contributed by atoms with van der Waals surface area (Å²) in [7, 11) is 3.41. The van der Waals surface area contributed by atoms with Crippen molar-refractivity contribution in [2.24, 2.45) is 0 Å². The molecule has 1 aliphatic carbocycles. The van der Waals surface area contributed by atoms with E-state index in [1.165, 1.54) is 22.3 Å². The Hall–Kier alpha value is -1.96. The summed E-state index contributed by atoms with van der Waals surface area (Å²) in [5.74, 6) is 1.83. The molecule has 0 radical (unpaired) electrons. The zero-order chi connectivity index (χ0) is 11.8. The van der Waals surface area contributed by atoms with E-state index in [4.69, 9.17) is 9.47 Å². The predicted molar refractivity (Wildman–Crippen MR) is 67.8 cm³/mol. The Morgan fingerprint density at radius 3 is 2.59 bits per heavy atom. The molecule has 2 aromatic carbocycles. The van der Waals surface area contributed by atoms with E-state index in [1.807, 2.05) is 18.2 Å². The summed E-state index contributed by atoms with van der Waals surface area (Å²) in [6.07, 6.45) is 0.978. The van der Waals surface area contributed by atoms with Crippen LogP contribution in [-0.4, -0.2) is 14.2 Å². The third-order valence-electron chi connectivity index (χ3n) is 3.30. The van der Waals surface area contributed by atoms with Crippen molar-refractivity contribution in [1.82, 2.24) is 0 Å². The number of ether oxygens (including phenoxy) is 2. The molecule has 0 amide bonds. The van der Waals surface area contributed by atoms with Crippen LogP contribution >= 0.6 is 0 Å². The molecule has 0 N–H and O–H groups in total. The first-order valence-electron chi connectivity index (χ1n) is 5.66. The average Bonchev–Trinajstić information content (AvgIpc) is 2.75. The molecule has 0 heterocycles. The Kier molecular flexibility index (Phi) is 2.29. The van der Waals surface area contributed by atoms with Gasteiger partial charge in [-0.25, -0.2) is 0 Å². The van der Waals surface area contributed by atoms with Crippen LogP contribution in [0.15, 0.2) is 36.4 Å². The number of rotatable bonds is 2. The highest BCUT2D eigenvalue weighted by Crippen LogP contribution is 2.43. The molecular formula is C15H14O2. The van der Waals surface area contributed by atoms with Gasteiger partial charge in [-0.05, 0) is 41.3 Å². The van der Waals surface area contributed by atoms with Gasteiger partial charge in [0.1, 0.15) is 11.5 Å². The SMILES string of the molecule is COc1ccc2c(c1)-c1c(cccc1OC)C2. The Morgan fingerprint density at radius 1 is 0.941 bits per heavy atom. The molecule has 0 unspecified atom stereocenters. The Morgan fingerprint density at radius 2 is 1.82 bits per heavy atom. The first-order valence-corrected chi connectivity index (χ1v) is 5.66. The highest BCUT2D eigenvalue weighted by Gasteiger charge is 2.22. The monoisotopic (exact) mass is 226 g/mol. The van der Waals surface area contributed by atoms with Gasteiger partial charge >= 0.3 is 0 Å². The van der Waals surface area contributed by atoms with Gasteiger partial charge in [0.25, 0.3) is 0 Å². The van der Waals surface area contributed by atoms with E-state index >= 15 is 0 Å². The highest BCUT2D eigenvalue weighted by molar-refractivity contribution is 5.82. The van der Waals surface area contributed by atoms with E-state index in [2.05, 4.69) is 18.2 Å². The van der Waals surface area contributed by atoms with Crippen molar-refractivity contribution >= 4 is 0 Å². The molecule has 86 valence electrons. The molecule has 0 bridgehead atoms. The van der Waals surface area contributed by atoms with Gasteiger partial charge in [0.15, 0.2) is 0 Å². The van der Waals surface area contributed by atoms with Crippen LogP contribution in [-0.2, 0) is 6.42 Å². The molecule has 0 saturated carbocycles. The van der Waals surface area contributed by atoms with Crippen molar-refractivity contribution in [3.05, 3.63) is 47.5 Å². The topological polar surface area (TPSA) is 18.5 Å². The molecule has 1 aliphatic rings. The van der Waals surface area contributed by atoms with Gasteiger partial charge < -0.3 is 9.47 Å². The molecule has 17 heavy (non-hydrogen) atoms. The Bertz CT molecular complexity index is 573. The van der Waals surface area contributed by atoms with Crippen molar-refractivity contribution in [1.29, 1.82) is 0 Å². The van der Waals surface area contributed by atoms with Crippen LogP contribution in [0.2, 0.25) is 0 Å². The summed E-state index contributed by atoms with van der Waals surface area (Å²) in [4.78, 5) is 0. The highest BCUT2D eigenvalue weighted by atomic mass is 16.5. The molecule has 2 aromatic rings. The van der Waals surface area contributed by atoms with E-state index in [-0.39, 0.29) is 0 Å². The normalized spacial score (nSPS) is 11.9. The number of hydrogen-bond acceptors (Lipinski definition) is 2. The molecular weight excluding hydrogens is 212 g/mol. The van der Waals surface area contributed by atoms with Crippen LogP contribution < -0.4 is 9.47 Å². The summed E-state index contributed by atoms with van der Waals surface area (Å²) in [5, 5.41) is 0. The minimum Gasteiger partial charge on any atom is -0.497 e. The third kappa shape index (κ3) is 1.48. The van der Waals surface area contributed by atoms with Crippen molar-refractivity contribution < 1.29 is 9.47 Å². The van der Waals surface area contributed by atoms with Crippen molar-refractivity contribution in [2.75, 3.05) is 14.2 Å². The number of fused-ring (bicyclic) bond motifs is 3. The van der Waals surface area contributed by atoms with E-state index < -0.39 is 0 Å². The fourth-order valence-corrected chi connectivity index (χ4v) is 2.47. The van der Waals surface area contributed by atoms with Gasteiger partial charge in [-0.3, -0.25) is 0 Å². The number of benzene rings is 2. The molecule has 0 spiro atoms.